The van der Waals surface area contributed by atoms with Crippen LogP contribution in [0.25, 0.3) is 11.1 Å². The summed E-state index contributed by atoms with van der Waals surface area (Å²) in [5.41, 5.74) is 4.77. The fourth-order valence-corrected chi connectivity index (χ4v) is 1.87. The number of benzene rings is 2. The second-order valence-corrected chi connectivity index (χ2v) is 4.04. The van der Waals surface area contributed by atoms with Crippen molar-refractivity contribution >= 4 is 11.7 Å². The summed E-state index contributed by atoms with van der Waals surface area (Å²) in [4.78, 5) is 16.1. The highest BCUT2D eigenvalue weighted by Gasteiger charge is 2.08. The molecule has 2 amide bonds. The quantitative estimate of drug-likeness (QED) is 0.841. The molecule has 20 heavy (non-hydrogen) atoms. The number of methoxy groups -OCH3 is 1. The van der Waals surface area contributed by atoms with Crippen LogP contribution in [0.1, 0.15) is 0 Å². The van der Waals surface area contributed by atoms with Gasteiger partial charge in [0.05, 0.1) is 19.9 Å². The maximum atomic E-state index is 11.5. The van der Waals surface area contributed by atoms with Gasteiger partial charge in [-0.05, 0) is 23.8 Å². The molecule has 0 heterocycles. The minimum absolute atomic E-state index is 0.428. The van der Waals surface area contributed by atoms with E-state index in [1.54, 1.807) is 7.11 Å². The van der Waals surface area contributed by atoms with Gasteiger partial charge in [0.15, 0.2) is 0 Å². The van der Waals surface area contributed by atoms with Gasteiger partial charge in [0, 0.05) is 5.56 Å². The summed E-state index contributed by atoms with van der Waals surface area (Å²) in [6, 6.07) is 14.7. The van der Waals surface area contributed by atoms with Crippen molar-refractivity contribution in [2.45, 2.75) is 0 Å². The topological polar surface area (TPSA) is 59.6 Å². The zero-order valence-corrected chi connectivity index (χ0v) is 11.3. The molecule has 0 aliphatic rings. The number of amides is 2. The van der Waals surface area contributed by atoms with Crippen LogP contribution < -0.4 is 15.5 Å². The standard InChI is InChI=1S/C15H16N2O3/c1-19-12-7-5-6-11(10-12)13-8-3-4-9-14(13)16-15(18)17-20-2/h3-10H,1-2H3,(H2,16,17,18). The molecule has 0 fully saturated rings. The van der Waals surface area contributed by atoms with Crippen LogP contribution in [0.4, 0.5) is 10.5 Å². The van der Waals surface area contributed by atoms with Crippen molar-refractivity contribution in [1.29, 1.82) is 0 Å². The van der Waals surface area contributed by atoms with Gasteiger partial charge in [0.1, 0.15) is 5.75 Å². The Kier molecular flexibility index (Phi) is 4.57. The van der Waals surface area contributed by atoms with Crippen molar-refractivity contribution in [3.63, 3.8) is 0 Å². The predicted octanol–water partition coefficient (Wildman–Crippen LogP) is 3.05. The van der Waals surface area contributed by atoms with Gasteiger partial charge < -0.3 is 10.1 Å². The minimum atomic E-state index is -0.428. The number of carbonyl (C=O) groups is 1. The summed E-state index contributed by atoms with van der Waals surface area (Å²) in [6.45, 7) is 0. The van der Waals surface area contributed by atoms with E-state index in [0.29, 0.717) is 5.69 Å². The fraction of sp³-hybridized carbons (Fsp3) is 0.133. The molecule has 0 aliphatic heterocycles. The Labute approximate surface area is 117 Å². The van der Waals surface area contributed by atoms with Gasteiger partial charge in [-0.1, -0.05) is 30.3 Å². The van der Waals surface area contributed by atoms with Crippen molar-refractivity contribution in [3.05, 3.63) is 48.5 Å². The first kappa shape index (κ1) is 13.9. The third kappa shape index (κ3) is 3.27. The van der Waals surface area contributed by atoms with Crippen molar-refractivity contribution in [3.8, 4) is 16.9 Å². The Morgan fingerprint density at radius 1 is 1.05 bits per heavy atom. The van der Waals surface area contributed by atoms with Crippen LogP contribution in [0.2, 0.25) is 0 Å². The lowest BCUT2D eigenvalue weighted by Gasteiger charge is -2.12. The van der Waals surface area contributed by atoms with E-state index in [-0.39, 0.29) is 0 Å². The lowest BCUT2D eigenvalue weighted by atomic mass is 10.0. The molecule has 0 bridgehead atoms. The second kappa shape index (κ2) is 6.58. The maximum Gasteiger partial charge on any atom is 0.343 e. The molecule has 5 nitrogen and oxygen atoms in total. The molecular weight excluding hydrogens is 256 g/mol. The summed E-state index contributed by atoms with van der Waals surface area (Å²) in [5.74, 6) is 0.763. The molecule has 104 valence electrons. The van der Waals surface area contributed by atoms with Crippen molar-refractivity contribution in [1.82, 2.24) is 5.48 Å². The van der Waals surface area contributed by atoms with Crippen LogP contribution in [0.5, 0.6) is 5.75 Å². The average molecular weight is 272 g/mol. The third-order valence-electron chi connectivity index (χ3n) is 2.75. The van der Waals surface area contributed by atoms with Gasteiger partial charge in [0.2, 0.25) is 0 Å². The number of nitrogens with one attached hydrogen (secondary N) is 2. The van der Waals surface area contributed by atoms with Crippen LogP contribution in [-0.4, -0.2) is 20.3 Å². The number of urea groups is 1. The van der Waals surface area contributed by atoms with E-state index in [4.69, 9.17) is 4.74 Å². The largest absolute Gasteiger partial charge is 0.497 e. The first-order valence-corrected chi connectivity index (χ1v) is 6.08. The molecule has 0 radical (unpaired) electrons. The average Bonchev–Trinajstić information content (AvgIpc) is 2.48. The molecule has 2 aromatic carbocycles. The van der Waals surface area contributed by atoms with Crippen molar-refractivity contribution in [2.75, 3.05) is 19.5 Å². The highest BCUT2D eigenvalue weighted by molar-refractivity contribution is 5.94. The summed E-state index contributed by atoms with van der Waals surface area (Å²) in [5, 5.41) is 2.73. The molecule has 0 saturated carbocycles. The normalized spacial score (nSPS) is 9.90. The smallest absolute Gasteiger partial charge is 0.343 e. The first-order valence-electron chi connectivity index (χ1n) is 6.08. The van der Waals surface area contributed by atoms with Crippen LogP contribution in [0.15, 0.2) is 48.5 Å². The summed E-state index contributed by atoms with van der Waals surface area (Å²) in [6.07, 6.45) is 0. The van der Waals surface area contributed by atoms with E-state index in [1.165, 1.54) is 7.11 Å². The minimum Gasteiger partial charge on any atom is -0.497 e. The second-order valence-electron chi connectivity index (χ2n) is 4.04. The summed E-state index contributed by atoms with van der Waals surface area (Å²) in [7, 11) is 3.00. The first-order chi connectivity index (χ1) is 9.74. The summed E-state index contributed by atoms with van der Waals surface area (Å²) < 4.78 is 5.22. The van der Waals surface area contributed by atoms with Gasteiger partial charge in [0.25, 0.3) is 0 Å². The number of carbonyl (C=O) groups excluding carboxylic acids is 1. The Bertz CT molecular complexity index is 599. The highest BCUT2D eigenvalue weighted by atomic mass is 16.6. The number of ether oxygens (including phenoxy) is 1. The molecule has 0 saturated heterocycles. The zero-order valence-electron chi connectivity index (χ0n) is 11.3. The molecule has 0 aliphatic carbocycles. The van der Waals surface area contributed by atoms with E-state index in [2.05, 4.69) is 15.6 Å². The van der Waals surface area contributed by atoms with E-state index in [9.17, 15) is 4.79 Å². The van der Waals surface area contributed by atoms with Crippen molar-refractivity contribution < 1.29 is 14.4 Å². The molecule has 2 N–H and O–H groups in total. The third-order valence-corrected chi connectivity index (χ3v) is 2.75. The molecule has 2 rings (SSSR count). The molecule has 0 aromatic heterocycles. The molecule has 5 heteroatoms. The molecular formula is C15H16N2O3. The van der Waals surface area contributed by atoms with Crippen molar-refractivity contribution in [2.24, 2.45) is 0 Å². The highest BCUT2D eigenvalue weighted by Crippen LogP contribution is 2.30. The predicted molar refractivity (Wildman–Crippen MR) is 77.6 cm³/mol. The van der Waals surface area contributed by atoms with Crippen LogP contribution in [0.3, 0.4) is 0 Å². The van der Waals surface area contributed by atoms with Crippen LogP contribution in [-0.2, 0) is 4.84 Å². The van der Waals surface area contributed by atoms with Gasteiger partial charge in [-0.2, -0.15) is 0 Å². The monoisotopic (exact) mass is 272 g/mol. The van der Waals surface area contributed by atoms with E-state index >= 15 is 0 Å². The summed E-state index contributed by atoms with van der Waals surface area (Å²) >= 11 is 0. The molecule has 0 atom stereocenters. The number of para-hydroxylation sites is 1. The SMILES string of the molecule is CONC(=O)Nc1ccccc1-c1cccc(OC)c1. The van der Waals surface area contributed by atoms with Gasteiger partial charge >= 0.3 is 6.03 Å². The maximum absolute atomic E-state index is 11.5. The van der Waals surface area contributed by atoms with Crippen LogP contribution >= 0.6 is 0 Å². The Morgan fingerprint density at radius 3 is 2.60 bits per heavy atom. The van der Waals surface area contributed by atoms with Gasteiger partial charge in [-0.15, -0.1) is 0 Å². The lowest BCUT2D eigenvalue weighted by molar-refractivity contribution is 0.114. The number of hydrogen-bond donors (Lipinski definition) is 2. The number of rotatable bonds is 4. The Morgan fingerprint density at radius 2 is 1.85 bits per heavy atom. The number of hydrogen-bond acceptors (Lipinski definition) is 3. The van der Waals surface area contributed by atoms with E-state index in [1.807, 2.05) is 48.5 Å². The lowest BCUT2D eigenvalue weighted by Crippen LogP contribution is -2.27. The number of hydroxylamine groups is 1. The van der Waals surface area contributed by atoms with Gasteiger partial charge in [-0.3, -0.25) is 4.84 Å². The molecule has 2 aromatic rings. The van der Waals surface area contributed by atoms with E-state index < -0.39 is 6.03 Å². The molecule has 0 spiro atoms. The van der Waals surface area contributed by atoms with E-state index in [0.717, 1.165) is 16.9 Å². The number of anilines is 1. The molecule has 0 unspecified atom stereocenters. The Balaban J connectivity index is 2.33. The Hall–Kier alpha value is -2.53. The zero-order chi connectivity index (χ0) is 14.4. The van der Waals surface area contributed by atoms with Crippen LogP contribution in [0, 0.1) is 0 Å². The van der Waals surface area contributed by atoms with Gasteiger partial charge in [-0.25, -0.2) is 10.3 Å². The fourth-order valence-electron chi connectivity index (χ4n) is 1.87.